The Morgan fingerprint density at radius 3 is 3.06 bits per heavy atom. The van der Waals surface area contributed by atoms with Crippen molar-refractivity contribution in [3.05, 3.63) is 28.3 Å². The smallest absolute Gasteiger partial charge is 0.303 e. The number of carboxylic acids is 1. The lowest BCUT2D eigenvalue weighted by molar-refractivity contribution is -0.137. The van der Waals surface area contributed by atoms with Gasteiger partial charge in [0.2, 0.25) is 0 Å². The molecule has 0 unspecified atom stereocenters. The molecule has 0 saturated heterocycles. The lowest BCUT2D eigenvalue weighted by Crippen LogP contribution is -1.97. The molecule has 4 heteroatoms. The van der Waals surface area contributed by atoms with Crippen LogP contribution in [0.2, 0.25) is 5.02 Å². The van der Waals surface area contributed by atoms with E-state index in [2.05, 4.69) is 0 Å². The van der Waals surface area contributed by atoms with Gasteiger partial charge in [-0.15, -0.1) is 0 Å². The highest BCUT2D eigenvalue weighted by molar-refractivity contribution is 6.30. The fraction of sp³-hybridized carbons (Fsp3) is 0.417. The van der Waals surface area contributed by atoms with Crippen LogP contribution in [0.3, 0.4) is 0 Å². The molecule has 1 aliphatic rings. The highest BCUT2D eigenvalue weighted by Gasteiger charge is 2.17. The van der Waals surface area contributed by atoms with Crippen LogP contribution in [0.5, 0.6) is 5.75 Å². The number of carboxylic acid groups (broad SMARTS) is 1. The van der Waals surface area contributed by atoms with Crippen LogP contribution >= 0.6 is 11.6 Å². The molecule has 1 N–H and O–H groups in total. The van der Waals surface area contributed by atoms with Crippen LogP contribution in [0.1, 0.15) is 24.0 Å². The van der Waals surface area contributed by atoms with E-state index in [0.29, 0.717) is 24.5 Å². The van der Waals surface area contributed by atoms with Crippen molar-refractivity contribution in [2.75, 3.05) is 6.61 Å². The minimum absolute atomic E-state index is 0.182. The molecular formula is C12H13ClO3. The van der Waals surface area contributed by atoms with E-state index >= 15 is 0 Å². The van der Waals surface area contributed by atoms with Gasteiger partial charge < -0.3 is 9.84 Å². The molecule has 0 radical (unpaired) electrons. The van der Waals surface area contributed by atoms with E-state index in [1.807, 2.05) is 12.1 Å². The molecule has 0 fully saturated rings. The zero-order valence-electron chi connectivity index (χ0n) is 8.83. The largest absolute Gasteiger partial charge is 0.493 e. The van der Waals surface area contributed by atoms with Gasteiger partial charge in [0.25, 0.3) is 0 Å². The molecule has 0 atom stereocenters. The van der Waals surface area contributed by atoms with E-state index in [0.717, 1.165) is 23.3 Å². The van der Waals surface area contributed by atoms with E-state index < -0.39 is 5.97 Å². The average molecular weight is 241 g/mol. The highest BCUT2D eigenvalue weighted by Crippen LogP contribution is 2.33. The van der Waals surface area contributed by atoms with Gasteiger partial charge in [0.05, 0.1) is 6.61 Å². The molecule has 1 aromatic carbocycles. The lowest BCUT2D eigenvalue weighted by atomic mass is 10.0. The molecule has 16 heavy (non-hydrogen) atoms. The van der Waals surface area contributed by atoms with Gasteiger partial charge in [-0.2, -0.15) is 0 Å². The Labute approximate surface area is 99.0 Å². The third-order valence-corrected chi connectivity index (χ3v) is 2.88. The molecule has 3 nitrogen and oxygen atoms in total. The molecule has 1 aromatic rings. The molecule has 0 aliphatic carbocycles. The Balaban J connectivity index is 2.11. The van der Waals surface area contributed by atoms with Gasteiger partial charge in [-0.05, 0) is 36.1 Å². The Hall–Kier alpha value is -1.22. The molecule has 1 aliphatic heterocycles. The monoisotopic (exact) mass is 240 g/mol. The van der Waals surface area contributed by atoms with Crippen molar-refractivity contribution in [3.8, 4) is 5.75 Å². The normalized spacial score (nSPS) is 13.3. The van der Waals surface area contributed by atoms with Crippen LogP contribution in [0, 0.1) is 0 Å². The quantitative estimate of drug-likeness (QED) is 0.880. The summed E-state index contributed by atoms with van der Waals surface area (Å²) in [5.74, 6) is 0.148. The second-order valence-electron chi connectivity index (χ2n) is 3.90. The van der Waals surface area contributed by atoms with Gasteiger partial charge in [0, 0.05) is 17.9 Å². The van der Waals surface area contributed by atoms with Gasteiger partial charge in [-0.25, -0.2) is 0 Å². The molecule has 0 saturated carbocycles. The Morgan fingerprint density at radius 1 is 1.50 bits per heavy atom. The average Bonchev–Trinajstić information content (AvgIpc) is 2.64. The Kier molecular flexibility index (Phi) is 3.34. The zero-order chi connectivity index (χ0) is 11.5. The Morgan fingerprint density at radius 2 is 2.31 bits per heavy atom. The maximum atomic E-state index is 10.4. The fourth-order valence-corrected chi connectivity index (χ4v) is 2.23. The lowest BCUT2D eigenvalue weighted by Gasteiger charge is -2.08. The molecule has 0 amide bonds. The van der Waals surface area contributed by atoms with Gasteiger partial charge >= 0.3 is 5.97 Å². The van der Waals surface area contributed by atoms with Crippen LogP contribution in [-0.4, -0.2) is 17.7 Å². The molecule has 86 valence electrons. The van der Waals surface area contributed by atoms with Crippen molar-refractivity contribution < 1.29 is 14.6 Å². The van der Waals surface area contributed by atoms with E-state index in [1.165, 1.54) is 0 Å². The van der Waals surface area contributed by atoms with Crippen molar-refractivity contribution in [1.82, 2.24) is 0 Å². The van der Waals surface area contributed by atoms with Crippen LogP contribution in [0.4, 0.5) is 0 Å². The highest BCUT2D eigenvalue weighted by atomic mass is 35.5. The third kappa shape index (κ3) is 2.47. The van der Waals surface area contributed by atoms with Crippen LogP contribution < -0.4 is 4.74 Å². The minimum Gasteiger partial charge on any atom is -0.493 e. The van der Waals surface area contributed by atoms with E-state index in [1.54, 1.807) is 0 Å². The van der Waals surface area contributed by atoms with E-state index in [-0.39, 0.29) is 6.42 Å². The first kappa shape index (κ1) is 11.3. The first-order chi connectivity index (χ1) is 7.66. The predicted octanol–water partition coefficient (Wildman–Crippen LogP) is 2.68. The van der Waals surface area contributed by atoms with Crippen molar-refractivity contribution in [2.24, 2.45) is 0 Å². The molecule has 1 heterocycles. The van der Waals surface area contributed by atoms with E-state index in [4.69, 9.17) is 21.4 Å². The number of aryl methyl sites for hydroxylation is 1. The SMILES string of the molecule is O=C(O)CCCc1cc(Cl)cc2c1OCC2. The molecule has 0 spiro atoms. The standard InChI is InChI=1S/C12H13ClO3/c13-10-6-8(2-1-3-11(14)15)12-9(7-10)4-5-16-12/h6-7H,1-5H2,(H,14,15). The van der Waals surface area contributed by atoms with Crippen molar-refractivity contribution in [1.29, 1.82) is 0 Å². The van der Waals surface area contributed by atoms with Gasteiger partial charge in [0.1, 0.15) is 5.75 Å². The first-order valence-electron chi connectivity index (χ1n) is 5.32. The predicted molar refractivity (Wildman–Crippen MR) is 61.2 cm³/mol. The Bertz CT molecular complexity index is 415. The number of halogens is 1. The number of aliphatic carboxylic acids is 1. The number of ether oxygens (including phenoxy) is 1. The summed E-state index contributed by atoms with van der Waals surface area (Å²) in [5, 5.41) is 9.29. The minimum atomic E-state index is -0.764. The molecule has 2 rings (SSSR count). The van der Waals surface area contributed by atoms with Gasteiger partial charge in [-0.3, -0.25) is 4.79 Å². The maximum absolute atomic E-state index is 10.4. The van der Waals surface area contributed by atoms with Gasteiger partial charge in [-0.1, -0.05) is 11.6 Å². The summed E-state index contributed by atoms with van der Waals surface area (Å²) in [6.45, 7) is 0.696. The van der Waals surface area contributed by atoms with Crippen LogP contribution in [0.25, 0.3) is 0 Å². The number of rotatable bonds is 4. The summed E-state index contributed by atoms with van der Waals surface area (Å²) in [7, 11) is 0. The fourth-order valence-electron chi connectivity index (χ4n) is 1.96. The summed E-state index contributed by atoms with van der Waals surface area (Å²) < 4.78 is 5.54. The first-order valence-corrected chi connectivity index (χ1v) is 5.70. The zero-order valence-corrected chi connectivity index (χ0v) is 9.59. The summed E-state index contributed by atoms with van der Waals surface area (Å²) in [6, 6.07) is 3.79. The number of carbonyl (C=O) groups is 1. The summed E-state index contributed by atoms with van der Waals surface area (Å²) >= 11 is 6.00. The van der Waals surface area contributed by atoms with Crippen LogP contribution in [0.15, 0.2) is 12.1 Å². The second kappa shape index (κ2) is 4.74. The van der Waals surface area contributed by atoms with Crippen LogP contribution in [-0.2, 0) is 17.6 Å². The van der Waals surface area contributed by atoms with Crippen molar-refractivity contribution in [2.45, 2.75) is 25.7 Å². The number of hydrogen-bond acceptors (Lipinski definition) is 2. The molecule has 0 aromatic heterocycles. The number of benzene rings is 1. The number of fused-ring (bicyclic) bond motifs is 1. The molecular weight excluding hydrogens is 228 g/mol. The van der Waals surface area contributed by atoms with E-state index in [9.17, 15) is 4.79 Å². The molecule has 0 bridgehead atoms. The summed E-state index contributed by atoms with van der Waals surface area (Å²) in [4.78, 5) is 10.4. The summed E-state index contributed by atoms with van der Waals surface area (Å²) in [6.07, 6.45) is 2.39. The third-order valence-electron chi connectivity index (χ3n) is 2.66. The van der Waals surface area contributed by atoms with Crippen molar-refractivity contribution >= 4 is 17.6 Å². The van der Waals surface area contributed by atoms with Crippen molar-refractivity contribution in [3.63, 3.8) is 0 Å². The maximum Gasteiger partial charge on any atom is 0.303 e. The second-order valence-corrected chi connectivity index (χ2v) is 4.34. The van der Waals surface area contributed by atoms with Gasteiger partial charge in [0.15, 0.2) is 0 Å². The summed E-state index contributed by atoms with van der Waals surface area (Å²) in [5.41, 5.74) is 2.17. The number of hydrogen-bond donors (Lipinski definition) is 1. The topological polar surface area (TPSA) is 46.5 Å².